The Morgan fingerprint density at radius 2 is 1.79 bits per heavy atom. The van der Waals surface area contributed by atoms with E-state index in [-0.39, 0.29) is 68.9 Å². The van der Waals surface area contributed by atoms with Crippen LogP contribution in [0, 0.1) is 18.8 Å². The number of nitrogens with zero attached hydrogens (tertiary/aromatic N) is 2. The van der Waals surface area contributed by atoms with Crippen LogP contribution in [0.3, 0.4) is 0 Å². The second-order valence-corrected chi connectivity index (χ2v) is 8.50. The van der Waals surface area contributed by atoms with Gasteiger partial charge in [0.2, 0.25) is 0 Å². The van der Waals surface area contributed by atoms with E-state index in [4.69, 9.17) is 33.4 Å². The van der Waals surface area contributed by atoms with Gasteiger partial charge in [-0.05, 0) is 6.92 Å². The molecule has 1 aliphatic carbocycles. The number of amides is 1. The van der Waals surface area contributed by atoms with Gasteiger partial charge in [0.25, 0.3) is 5.91 Å². The molecule has 0 radical (unpaired) electrons. The maximum absolute atomic E-state index is 12.4. The van der Waals surface area contributed by atoms with E-state index in [0.29, 0.717) is 28.9 Å². The molecule has 2 aromatic rings. The summed E-state index contributed by atoms with van der Waals surface area (Å²) in [5.74, 6) is -2.65. The third-order valence-corrected chi connectivity index (χ3v) is 7.11. The first-order valence-corrected chi connectivity index (χ1v) is 9.83. The molecular formula is C16H15Cl2N4NaO5S. The van der Waals surface area contributed by atoms with E-state index in [1.807, 2.05) is 4.90 Å². The first-order chi connectivity index (χ1) is 13.2. The fourth-order valence-electron chi connectivity index (χ4n) is 3.58. The van der Waals surface area contributed by atoms with Crippen molar-refractivity contribution in [2.24, 2.45) is 11.8 Å². The van der Waals surface area contributed by atoms with E-state index in [2.05, 4.69) is 15.3 Å². The van der Waals surface area contributed by atoms with Crippen molar-refractivity contribution in [1.82, 2.24) is 15.3 Å². The van der Waals surface area contributed by atoms with Crippen molar-refractivity contribution in [3.05, 3.63) is 32.0 Å². The summed E-state index contributed by atoms with van der Waals surface area (Å²) in [7, 11) is 0. The van der Waals surface area contributed by atoms with Gasteiger partial charge in [-0.1, -0.05) is 34.5 Å². The van der Waals surface area contributed by atoms with Crippen LogP contribution in [0.25, 0.3) is 0 Å². The second-order valence-electron chi connectivity index (χ2n) is 6.77. The quantitative estimate of drug-likeness (QED) is 0.490. The number of carbonyl (C=O) groups excluding carboxylic acids is 1. The molecule has 0 aromatic carbocycles. The van der Waals surface area contributed by atoms with E-state index in [9.17, 15) is 14.4 Å². The number of hydrogen-bond acceptors (Lipinski definition) is 6. The molecular weight excluding hydrogens is 454 g/mol. The number of piperidine rings is 1. The van der Waals surface area contributed by atoms with Crippen molar-refractivity contribution >= 4 is 87.1 Å². The Morgan fingerprint density at radius 1 is 1.17 bits per heavy atom. The summed E-state index contributed by atoms with van der Waals surface area (Å²) in [6, 6.07) is -0.0277. The van der Waals surface area contributed by atoms with Crippen LogP contribution in [-0.2, 0) is 0 Å². The summed E-state index contributed by atoms with van der Waals surface area (Å²) in [5, 5.41) is 22.1. The van der Waals surface area contributed by atoms with Gasteiger partial charge in [0, 0.05) is 36.7 Å². The summed E-state index contributed by atoms with van der Waals surface area (Å²) < 4.78 is 0. The molecule has 13 heteroatoms. The number of aromatic nitrogens is 2. The predicted molar refractivity (Wildman–Crippen MR) is 109 cm³/mol. The number of hydrogen-bond donors (Lipinski definition) is 4. The van der Waals surface area contributed by atoms with Crippen LogP contribution in [0.15, 0.2) is 0 Å². The number of halogens is 2. The number of aryl methyl sites for hydroxylation is 1. The van der Waals surface area contributed by atoms with Gasteiger partial charge >= 0.3 is 41.5 Å². The Morgan fingerprint density at radius 3 is 2.24 bits per heavy atom. The zero-order valence-electron chi connectivity index (χ0n) is 14.3. The summed E-state index contributed by atoms with van der Waals surface area (Å²) in [4.78, 5) is 43.2. The molecule has 4 rings (SSSR count). The molecule has 4 N–H and O–H groups in total. The molecule has 1 saturated carbocycles. The fraction of sp³-hybridized carbons (Fsp3) is 0.375. The van der Waals surface area contributed by atoms with E-state index in [1.165, 1.54) is 0 Å². The number of aromatic carboxylic acids is 2. The van der Waals surface area contributed by atoms with Gasteiger partial charge in [0.05, 0.1) is 10.0 Å². The van der Waals surface area contributed by atoms with Gasteiger partial charge in [-0.2, -0.15) is 0 Å². The number of H-pyrrole nitrogens is 1. The number of carboxylic acid groups (broad SMARTS) is 2. The molecule has 150 valence electrons. The number of nitrogens with one attached hydrogen (secondary N) is 2. The molecule has 3 heterocycles. The van der Waals surface area contributed by atoms with E-state index >= 15 is 0 Å². The van der Waals surface area contributed by atoms with Gasteiger partial charge in [-0.15, -0.1) is 0 Å². The van der Waals surface area contributed by atoms with Crippen LogP contribution in [-0.4, -0.2) is 86.7 Å². The number of aromatic amines is 1. The van der Waals surface area contributed by atoms with Crippen molar-refractivity contribution in [1.29, 1.82) is 0 Å². The second kappa shape index (κ2) is 8.09. The van der Waals surface area contributed by atoms with Crippen LogP contribution < -0.4 is 10.2 Å². The summed E-state index contributed by atoms with van der Waals surface area (Å²) in [6.07, 6.45) is 0. The molecule has 2 aliphatic rings. The molecule has 3 atom stereocenters. The van der Waals surface area contributed by atoms with Crippen molar-refractivity contribution < 1.29 is 24.6 Å². The topological polar surface area (TPSA) is 136 Å². The Balaban J connectivity index is 0.00000240. The molecule has 2 fully saturated rings. The van der Waals surface area contributed by atoms with Gasteiger partial charge in [0.15, 0.2) is 10.8 Å². The molecule has 1 saturated heterocycles. The van der Waals surface area contributed by atoms with Crippen LogP contribution in [0.1, 0.15) is 36.3 Å². The fourth-order valence-corrected chi connectivity index (χ4v) is 4.91. The van der Waals surface area contributed by atoms with Crippen LogP contribution in [0.4, 0.5) is 5.13 Å². The summed E-state index contributed by atoms with van der Waals surface area (Å²) >= 11 is 12.9. The predicted octanol–water partition coefficient (Wildman–Crippen LogP) is 1.70. The average Bonchev–Trinajstić information content (AvgIpc) is 3.06. The van der Waals surface area contributed by atoms with Crippen molar-refractivity contribution in [2.45, 2.75) is 13.0 Å². The maximum atomic E-state index is 12.4. The number of fused-ring (bicyclic) bond motifs is 1. The SMILES string of the molecule is Cc1[nH]c(C(=O)NC2[C@H]3CN(c4nc(C(=O)O)c(C(=O)O)s4)C[C@@H]23)c(Cl)c1Cl.[NaH]. The average molecular weight is 469 g/mol. The Hall–Kier alpha value is -1.30. The molecule has 29 heavy (non-hydrogen) atoms. The van der Waals surface area contributed by atoms with Gasteiger partial charge in [-0.3, -0.25) is 4.79 Å². The van der Waals surface area contributed by atoms with Crippen LogP contribution in [0.5, 0.6) is 0 Å². The third kappa shape index (κ3) is 3.89. The number of anilines is 1. The summed E-state index contributed by atoms with van der Waals surface area (Å²) in [5.41, 5.74) is 0.390. The van der Waals surface area contributed by atoms with Gasteiger partial charge in [-0.25, -0.2) is 14.6 Å². The summed E-state index contributed by atoms with van der Waals surface area (Å²) in [6.45, 7) is 2.83. The van der Waals surface area contributed by atoms with Crippen LogP contribution in [0.2, 0.25) is 10.0 Å². The minimum atomic E-state index is -1.37. The van der Waals surface area contributed by atoms with Crippen LogP contribution >= 0.6 is 34.5 Å². The van der Waals surface area contributed by atoms with Gasteiger partial charge < -0.3 is 25.4 Å². The monoisotopic (exact) mass is 468 g/mol. The molecule has 1 amide bonds. The normalized spacial score (nSPS) is 22.0. The van der Waals surface area contributed by atoms with Crippen molar-refractivity contribution in [2.75, 3.05) is 18.0 Å². The Kier molecular flexibility index (Phi) is 6.24. The number of carboxylic acids is 2. The molecule has 0 bridgehead atoms. The number of thiazole rings is 1. The standard InChI is InChI=1S/C16H14Cl2N4O5S.Na.H/c1-4-7(17)8(18)10(19-4)13(23)20-9-5-2-22(3-6(5)9)16-21-11(14(24)25)12(28-16)15(26)27;;/h5-6,9,19H,2-3H2,1H3,(H,20,23)(H,24,25)(H,26,27);;/t5-,6+,9?;;. The molecule has 1 unspecified atom stereocenters. The zero-order chi connectivity index (χ0) is 20.3. The Bertz CT molecular complexity index is 982. The molecule has 0 spiro atoms. The van der Waals surface area contributed by atoms with E-state index in [0.717, 1.165) is 11.3 Å². The van der Waals surface area contributed by atoms with Crippen molar-refractivity contribution in [3.8, 4) is 0 Å². The molecule has 9 nitrogen and oxygen atoms in total. The number of rotatable bonds is 5. The zero-order valence-corrected chi connectivity index (χ0v) is 16.7. The van der Waals surface area contributed by atoms with Gasteiger partial charge in [0.1, 0.15) is 10.6 Å². The molecule has 2 aromatic heterocycles. The molecule has 1 aliphatic heterocycles. The first-order valence-electron chi connectivity index (χ1n) is 8.25. The van der Waals surface area contributed by atoms with E-state index < -0.39 is 17.6 Å². The first kappa shape index (κ1) is 22.4. The Labute approximate surface area is 200 Å². The third-order valence-electron chi connectivity index (χ3n) is 5.06. The minimum absolute atomic E-state index is 0. The number of carbonyl (C=O) groups is 3. The van der Waals surface area contributed by atoms with Crippen molar-refractivity contribution in [3.63, 3.8) is 0 Å². The van der Waals surface area contributed by atoms with E-state index in [1.54, 1.807) is 6.92 Å².